The lowest BCUT2D eigenvalue weighted by molar-refractivity contribution is -0.133. The second-order valence-electron chi connectivity index (χ2n) is 8.53. The maximum Gasteiger partial charge on any atom is 0.326 e. The average molecular weight is 472 g/mol. The van der Waals surface area contributed by atoms with Gasteiger partial charge in [-0.25, -0.2) is 4.79 Å². The predicted octanol–water partition coefficient (Wildman–Crippen LogP) is 4.40. The standard InChI is InChI=1S/C27H25N3O3S/c1-19-16-17-29(22-14-8-9-15-23(22)34-19)24(31)18-30-25(32)27(28-26(30)33,20-10-4-2-5-11-20)21-12-6-3-7-13-21/h2-15,19H,16-18H2,1H3,(H,28,33)/t19-/m1/s1. The summed E-state index contributed by atoms with van der Waals surface area (Å²) in [5.41, 5.74) is 0.756. The fourth-order valence-corrected chi connectivity index (χ4v) is 5.73. The third-order valence-corrected chi connectivity index (χ3v) is 7.59. The van der Waals surface area contributed by atoms with Crippen molar-refractivity contribution >= 4 is 35.3 Å². The van der Waals surface area contributed by atoms with Crippen molar-refractivity contribution in [3.63, 3.8) is 0 Å². The Morgan fingerprint density at radius 1 is 0.941 bits per heavy atom. The zero-order valence-electron chi connectivity index (χ0n) is 18.8. The van der Waals surface area contributed by atoms with Gasteiger partial charge in [0.05, 0.1) is 5.69 Å². The highest BCUT2D eigenvalue weighted by atomic mass is 32.2. The average Bonchev–Trinajstić information content (AvgIpc) is 3.00. The van der Waals surface area contributed by atoms with Crippen molar-refractivity contribution in [1.82, 2.24) is 10.2 Å². The molecular formula is C27H25N3O3S. The summed E-state index contributed by atoms with van der Waals surface area (Å²) < 4.78 is 0. The molecule has 1 atom stereocenters. The monoisotopic (exact) mass is 471 g/mol. The number of thioether (sulfide) groups is 1. The van der Waals surface area contributed by atoms with Gasteiger partial charge in [0.25, 0.3) is 5.91 Å². The molecule has 0 aliphatic carbocycles. The summed E-state index contributed by atoms with van der Waals surface area (Å²) in [5.74, 6) is -0.725. The molecule has 2 aliphatic rings. The first kappa shape index (κ1) is 22.2. The van der Waals surface area contributed by atoms with Gasteiger partial charge >= 0.3 is 6.03 Å². The summed E-state index contributed by atoms with van der Waals surface area (Å²) in [4.78, 5) is 44.3. The Hall–Kier alpha value is -3.58. The first-order valence-corrected chi connectivity index (χ1v) is 12.2. The number of carbonyl (C=O) groups excluding carboxylic acids is 3. The van der Waals surface area contributed by atoms with E-state index in [9.17, 15) is 14.4 Å². The van der Waals surface area contributed by atoms with Crippen LogP contribution in [0.5, 0.6) is 0 Å². The van der Waals surface area contributed by atoms with Crippen LogP contribution in [0.2, 0.25) is 0 Å². The summed E-state index contributed by atoms with van der Waals surface area (Å²) in [7, 11) is 0. The summed E-state index contributed by atoms with van der Waals surface area (Å²) in [6, 6.07) is 25.5. The first-order valence-electron chi connectivity index (χ1n) is 11.3. The molecule has 2 heterocycles. The van der Waals surface area contributed by atoms with Crippen LogP contribution >= 0.6 is 11.8 Å². The third kappa shape index (κ3) is 3.76. The number of para-hydroxylation sites is 1. The van der Waals surface area contributed by atoms with E-state index < -0.39 is 17.5 Å². The van der Waals surface area contributed by atoms with Gasteiger partial charge in [-0.3, -0.25) is 14.5 Å². The van der Waals surface area contributed by atoms with Crippen LogP contribution in [-0.4, -0.2) is 41.1 Å². The molecule has 172 valence electrons. The van der Waals surface area contributed by atoms with Crippen molar-refractivity contribution in [2.24, 2.45) is 0 Å². The Labute approximate surface area is 202 Å². The molecule has 1 fully saturated rings. The van der Waals surface area contributed by atoms with Crippen LogP contribution in [0.1, 0.15) is 24.5 Å². The molecule has 0 unspecified atom stereocenters. The maximum atomic E-state index is 13.9. The van der Waals surface area contributed by atoms with E-state index in [1.54, 1.807) is 16.7 Å². The summed E-state index contributed by atoms with van der Waals surface area (Å²) in [5, 5.41) is 3.27. The second-order valence-corrected chi connectivity index (χ2v) is 10.0. The highest BCUT2D eigenvalue weighted by molar-refractivity contribution is 8.00. The molecule has 1 N–H and O–H groups in total. The molecule has 5 rings (SSSR count). The van der Waals surface area contributed by atoms with Gasteiger partial charge in [0.1, 0.15) is 6.54 Å². The van der Waals surface area contributed by atoms with Gasteiger partial charge in [0.15, 0.2) is 5.54 Å². The van der Waals surface area contributed by atoms with Gasteiger partial charge in [-0.2, -0.15) is 0 Å². The molecule has 7 heteroatoms. The summed E-state index contributed by atoms with van der Waals surface area (Å²) >= 11 is 1.74. The lowest BCUT2D eigenvalue weighted by atomic mass is 9.82. The highest BCUT2D eigenvalue weighted by Crippen LogP contribution is 2.38. The van der Waals surface area contributed by atoms with Crippen LogP contribution in [0, 0.1) is 0 Å². The fourth-order valence-electron chi connectivity index (χ4n) is 4.62. The number of rotatable bonds is 4. The first-order chi connectivity index (χ1) is 16.5. The molecule has 3 aromatic carbocycles. The predicted molar refractivity (Wildman–Crippen MR) is 133 cm³/mol. The zero-order chi connectivity index (χ0) is 23.7. The van der Waals surface area contributed by atoms with Gasteiger partial charge in [-0.15, -0.1) is 11.8 Å². The van der Waals surface area contributed by atoms with E-state index in [0.717, 1.165) is 21.9 Å². The van der Waals surface area contributed by atoms with Gasteiger partial charge in [0, 0.05) is 16.7 Å². The summed E-state index contributed by atoms with van der Waals surface area (Å²) in [6.07, 6.45) is 0.823. The highest BCUT2D eigenvalue weighted by Gasteiger charge is 2.54. The Kier molecular flexibility index (Phi) is 5.87. The van der Waals surface area contributed by atoms with Gasteiger partial charge in [0.2, 0.25) is 5.91 Å². The lowest BCUT2D eigenvalue weighted by Gasteiger charge is -2.28. The minimum Gasteiger partial charge on any atom is -0.315 e. The number of nitrogens with zero attached hydrogens (tertiary/aromatic N) is 2. The molecule has 0 radical (unpaired) electrons. The van der Waals surface area contributed by atoms with E-state index in [-0.39, 0.29) is 12.5 Å². The number of hydrogen-bond donors (Lipinski definition) is 1. The number of carbonyl (C=O) groups is 3. The van der Waals surface area contributed by atoms with E-state index in [4.69, 9.17) is 0 Å². The molecule has 0 spiro atoms. The molecule has 2 aliphatic heterocycles. The van der Waals surface area contributed by atoms with Gasteiger partial charge < -0.3 is 10.2 Å². The molecule has 4 amide bonds. The molecule has 6 nitrogen and oxygen atoms in total. The number of imide groups is 1. The number of urea groups is 1. The van der Waals surface area contributed by atoms with Crippen LogP contribution in [0.15, 0.2) is 89.8 Å². The van der Waals surface area contributed by atoms with Crippen LogP contribution in [0.4, 0.5) is 10.5 Å². The number of amides is 4. The Morgan fingerprint density at radius 3 is 2.18 bits per heavy atom. The van der Waals surface area contributed by atoms with E-state index in [2.05, 4.69) is 12.2 Å². The van der Waals surface area contributed by atoms with E-state index in [0.29, 0.717) is 22.9 Å². The van der Waals surface area contributed by atoms with E-state index >= 15 is 0 Å². The second kappa shape index (κ2) is 8.99. The quantitative estimate of drug-likeness (QED) is 0.573. The molecule has 0 saturated carbocycles. The third-order valence-electron chi connectivity index (χ3n) is 6.36. The molecule has 0 bridgehead atoms. The lowest BCUT2D eigenvalue weighted by Crippen LogP contribution is -2.46. The molecule has 0 aromatic heterocycles. The maximum absolute atomic E-state index is 13.9. The van der Waals surface area contributed by atoms with Crippen molar-refractivity contribution in [1.29, 1.82) is 0 Å². The SMILES string of the molecule is C[C@@H]1CCN(C(=O)CN2C(=O)NC(c3ccccc3)(c3ccccc3)C2=O)c2ccccc2S1. The number of nitrogens with one attached hydrogen (secondary N) is 1. The molecule has 34 heavy (non-hydrogen) atoms. The fraction of sp³-hybridized carbons (Fsp3) is 0.222. The van der Waals surface area contributed by atoms with Crippen molar-refractivity contribution in [3.05, 3.63) is 96.1 Å². The smallest absolute Gasteiger partial charge is 0.315 e. The summed E-state index contributed by atoms with van der Waals surface area (Å²) in [6.45, 7) is 2.36. The van der Waals surface area contributed by atoms with Crippen molar-refractivity contribution in [2.45, 2.75) is 29.0 Å². The molecule has 3 aromatic rings. The number of fused-ring (bicyclic) bond motifs is 1. The van der Waals surface area contributed by atoms with Crippen LogP contribution in [-0.2, 0) is 15.1 Å². The van der Waals surface area contributed by atoms with Crippen LogP contribution in [0.3, 0.4) is 0 Å². The minimum absolute atomic E-state index is 0.275. The van der Waals surface area contributed by atoms with E-state index in [1.807, 2.05) is 84.9 Å². The van der Waals surface area contributed by atoms with Gasteiger partial charge in [-0.05, 0) is 29.7 Å². The molecule has 1 saturated heterocycles. The van der Waals surface area contributed by atoms with Crippen molar-refractivity contribution in [3.8, 4) is 0 Å². The topological polar surface area (TPSA) is 69.7 Å². The number of anilines is 1. The Bertz CT molecular complexity index is 1190. The van der Waals surface area contributed by atoms with Gasteiger partial charge in [-0.1, -0.05) is 79.7 Å². The van der Waals surface area contributed by atoms with Crippen LogP contribution in [0.25, 0.3) is 0 Å². The minimum atomic E-state index is -1.37. The number of benzene rings is 3. The van der Waals surface area contributed by atoms with E-state index in [1.165, 1.54) is 0 Å². The Balaban J connectivity index is 1.48. The number of hydrogen-bond acceptors (Lipinski definition) is 4. The van der Waals surface area contributed by atoms with Crippen LogP contribution < -0.4 is 10.2 Å². The van der Waals surface area contributed by atoms with Crippen molar-refractivity contribution in [2.75, 3.05) is 18.0 Å². The molecular weight excluding hydrogens is 446 g/mol. The Morgan fingerprint density at radius 2 is 1.53 bits per heavy atom. The largest absolute Gasteiger partial charge is 0.326 e. The normalized spacial score (nSPS) is 19.4. The zero-order valence-corrected chi connectivity index (χ0v) is 19.6. The van der Waals surface area contributed by atoms with Crippen molar-refractivity contribution < 1.29 is 14.4 Å².